The number of carbonyl (C=O) groups excluding carboxylic acids is 1. The van der Waals surface area contributed by atoms with Gasteiger partial charge in [0.1, 0.15) is 0 Å². The highest BCUT2D eigenvalue weighted by Gasteiger charge is 2.07. The fraction of sp³-hybridized carbons (Fsp3) is 0.696. The van der Waals surface area contributed by atoms with Crippen molar-refractivity contribution in [3.8, 4) is 0 Å². The third-order valence-corrected chi connectivity index (χ3v) is 5.02. The quantitative estimate of drug-likeness (QED) is 0.262. The summed E-state index contributed by atoms with van der Waals surface area (Å²) in [6.45, 7) is 3.02. The number of hydrogen-bond acceptors (Lipinski definition) is 2. The lowest BCUT2D eigenvalue weighted by Crippen LogP contribution is -2.25. The van der Waals surface area contributed by atoms with Gasteiger partial charge in [0.2, 0.25) is 0 Å². The summed E-state index contributed by atoms with van der Waals surface area (Å²) in [5.74, 6) is -0.0576. The van der Waals surface area contributed by atoms with Crippen LogP contribution in [0.2, 0.25) is 0 Å². The molecule has 1 aromatic rings. The van der Waals surface area contributed by atoms with Gasteiger partial charge >= 0.3 is 0 Å². The fourth-order valence-electron chi connectivity index (χ4n) is 3.32. The molecule has 0 radical (unpaired) electrons. The smallest absolute Gasteiger partial charge is 0.253 e. The number of anilines is 1. The standard InChI is InChI=1S/C23H40N2O/c1-2-3-4-5-6-7-8-9-10-11-12-13-14-17-20-25-23(26)21-18-15-16-19-22(21)24/h15-16,18-19H,2-14,17,20,24H2,1H3,(H,25,26). The van der Waals surface area contributed by atoms with Crippen molar-refractivity contribution < 1.29 is 4.79 Å². The maximum absolute atomic E-state index is 12.0. The average Bonchev–Trinajstić information content (AvgIpc) is 2.65. The fourth-order valence-corrected chi connectivity index (χ4v) is 3.32. The molecule has 1 amide bonds. The number of carbonyl (C=O) groups is 1. The highest BCUT2D eigenvalue weighted by molar-refractivity contribution is 5.98. The molecule has 3 nitrogen and oxygen atoms in total. The zero-order valence-corrected chi connectivity index (χ0v) is 16.9. The van der Waals surface area contributed by atoms with Crippen molar-refractivity contribution in [2.75, 3.05) is 12.3 Å². The van der Waals surface area contributed by atoms with E-state index in [2.05, 4.69) is 12.2 Å². The molecule has 0 aromatic heterocycles. The molecular formula is C23H40N2O. The zero-order valence-electron chi connectivity index (χ0n) is 16.9. The Labute approximate surface area is 161 Å². The normalized spacial score (nSPS) is 10.8. The summed E-state index contributed by atoms with van der Waals surface area (Å²) in [4.78, 5) is 12.0. The molecule has 3 heteroatoms. The van der Waals surface area contributed by atoms with Crippen LogP contribution in [0.5, 0.6) is 0 Å². The van der Waals surface area contributed by atoms with Crippen molar-refractivity contribution in [2.24, 2.45) is 0 Å². The number of amides is 1. The molecule has 0 unspecified atom stereocenters. The molecule has 0 aliphatic heterocycles. The van der Waals surface area contributed by atoms with Crippen LogP contribution in [0.3, 0.4) is 0 Å². The van der Waals surface area contributed by atoms with E-state index in [1.54, 1.807) is 12.1 Å². The molecular weight excluding hydrogens is 320 g/mol. The Balaban J connectivity index is 1.84. The first-order chi connectivity index (χ1) is 12.8. The number of nitrogens with two attached hydrogens (primary N) is 1. The van der Waals surface area contributed by atoms with E-state index in [1.807, 2.05) is 12.1 Å². The maximum Gasteiger partial charge on any atom is 0.253 e. The Kier molecular flexibility index (Phi) is 13.6. The minimum absolute atomic E-state index is 0.0576. The number of hydrogen-bond donors (Lipinski definition) is 2. The number of nitrogens with one attached hydrogen (secondary N) is 1. The molecule has 0 fully saturated rings. The molecule has 0 atom stereocenters. The van der Waals surface area contributed by atoms with Gasteiger partial charge in [-0.3, -0.25) is 4.79 Å². The van der Waals surface area contributed by atoms with Crippen molar-refractivity contribution in [3.63, 3.8) is 0 Å². The van der Waals surface area contributed by atoms with Gasteiger partial charge in [-0.25, -0.2) is 0 Å². The van der Waals surface area contributed by atoms with Gasteiger partial charge in [0.15, 0.2) is 0 Å². The van der Waals surface area contributed by atoms with E-state index in [1.165, 1.54) is 83.5 Å². The van der Waals surface area contributed by atoms with Gasteiger partial charge in [-0.1, -0.05) is 103 Å². The second kappa shape index (κ2) is 15.7. The second-order valence-electron chi connectivity index (χ2n) is 7.44. The summed E-state index contributed by atoms with van der Waals surface area (Å²) in [7, 11) is 0. The van der Waals surface area contributed by atoms with Crippen molar-refractivity contribution in [1.82, 2.24) is 5.32 Å². The molecule has 0 bridgehead atoms. The summed E-state index contributed by atoms with van der Waals surface area (Å²) in [5, 5.41) is 2.96. The number of unbranched alkanes of at least 4 members (excludes halogenated alkanes) is 13. The first-order valence-corrected chi connectivity index (χ1v) is 10.9. The number of para-hydroxylation sites is 1. The summed E-state index contributed by atoms with van der Waals surface area (Å²) < 4.78 is 0. The van der Waals surface area contributed by atoms with Crippen LogP contribution in [0.15, 0.2) is 24.3 Å². The van der Waals surface area contributed by atoms with Gasteiger partial charge in [0.25, 0.3) is 5.91 Å². The molecule has 0 spiro atoms. The first kappa shape index (κ1) is 22.5. The lowest BCUT2D eigenvalue weighted by molar-refractivity contribution is 0.0954. The van der Waals surface area contributed by atoms with E-state index in [9.17, 15) is 4.79 Å². The molecule has 3 N–H and O–H groups in total. The van der Waals surface area contributed by atoms with Crippen LogP contribution in [0, 0.1) is 0 Å². The predicted octanol–water partition coefficient (Wildman–Crippen LogP) is 6.48. The highest BCUT2D eigenvalue weighted by Crippen LogP contribution is 2.13. The Hall–Kier alpha value is -1.51. The molecule has 0 aliphatic rings. The molecule has 1 aromatic carbocycles. The Bertz CT molecular complexity index is 473. The second-order valence-corrected chi connectivity index (χ2v) is 7.44. The maximum atomic E-state index is 12.0. The number of nitrogen functional groups attached to an aromatic ring is 1. The first-order valence-electron chi connectivity index (χ1n) is 10.9. The highest BCUT2D eigenvalue weighted by atomic mass is 16.1. The van der Waals surface area contributed by atoms with Crippen molar-refractivity contribution >= 4 is 11.6 Å². The topological polar surface area (TPSA) is 55.1 Å². The van der Waals surface area contributed by atoms with Crippen molar-refractivity contribution in [3.05, 3.63) is 29.8 Å². The van der Waals surface area contributed by atoms with Crippen molar-refractivity contribution in [2.45, 2.75) is 96.8 Å². The third-order valence-electron chi connectivity index (χ3n) is 5.02. The molecule has 0 heterocycles. The van der Waals surface area contributed by atoms with Gasteiger partial charge in [-0.05, 0) is 18.6 Å². The van der Waals surface area contributed by atoms with Crippen LogP contribution >= 0.6 is 0 Å². The largest absolute Gasteiger partial charge is 0.398 e. The van der Waals surface area contributed by atoms with Gasteiger partial charge in [0, 0.05) is 12.2 Å². The van der Waals surface area contributed by atoms with Gasteiger partial charge in [0.05, 0.1) is 5.56 Å². The Morgan fingerprint density at radius 2 is 1.23 bits per heavy atom. The summed E-state index contributed by atoms with van der Waals surface area (Å²) in [5.41, 5.74) is 6.95. The minimum atomic E-state index is -0.0576. The molecule has 0 saturated heterocycles. The summed E-state index contributed by atoms with van der Waals surface area (Å²) >= 11 is 0. The molecule has 1 rings (SSSR count). The van der Waals surface area contributed by atoms with Crippen LogP contribution in [0.25, 0.3) is 0 Å². The Morgan fingerprint density at radius 1 is 0.769 bits per heavy atom. The monoisotopic (exact) mass is 360 g/mol. The van der Waals surface area contributed by atoms with E-state index >= 15 is 0 Å². The number of benzene rings is 1. The third kappa shape index (κ3) is 11.2. The summed E-state index contributed by atoms with van der Waals surface area (Å²) in [6.07, 6.45) is 18.9. The van der Waals surface area contributed by atoms with E-state index in [0.29, 0.717) is 11.3 Å². The van der Waals surface area contributed by atoms with Gasteiger partial charge < -0.3 is 11.1 Å². The molecule has 26 heavy (non-hydrogen) atoms. The van der Waals surface area contributed by atoms with E-state index in [0.717, 1.165) is 13.0 Å². The van der Waals surface area contributed by atoms with E-state index < -0.39 is 0 Å². The van der Waals surface area contributed by atoms with E-state index in [-0.39, 0.29) is 5.91 Å². The van der Waals surface area contributed by atoms with Gasteiger partial charge in [-0.15, -0.1) is 0 Å². The molecule has 148 valence electrons. The van der Waals surface area contributed by atoms with Crippen LogP contribution in [0.4, 0.5) is 5.69 Å². The SMILES string of the molecule is CCCCCCCCCCCCCCCCNC(=O)c1ccccc1N. The van der Waals surface area contributed by atoms with Crippen LogP contribution < -0.4 is 11.1 Å². The van der Waals surface area contributed by atoms with E-state index in [4.69, 9.17) is 5.73 Å². The minimum Gasteiger partial charge on any atom is -0.398 e. The lowest BCUT2D eigenvalue weighted by Gasteiger charge is -2.07. The zero-order chi connectivity index (χ0) is 18.9. The average molecular weight is 361 g/mol. The molecule has 0 aliphatic carbocycles. The summed E-state index contributed by atoms with van der Waals surface area (Å²) in [6, 6.07) is 7.23. The molecule has 0 saturated carbocycles. The number of rotatable bonds is 16. The van der Waals surface area contributed by atoms with Crippen LogP contribution in [-0.4, -0.2) is 12.5 Å². The Morgan fingerprint density at radius 3 is 1.73 bits per heavy atom. The van der Waals surface area contributed by atoms with Crippen LogP contribution in [-0.2, 0) is 0 Å². The van der Waals surface area contributed by atoms with Gasteiger partial charge in [-0.2, -0.15) is 0 Å². The van der Waals surface area contributed by atoms with Crippen LogP contribution in [0.1, 0.15) is 107 Å². The lowest BCUT2D eigenvalue weighted by atomic mass is 10.0. The van der Waals surface area contributed by atoms with Crippen molar-refractivity contribution in [1.29, 1.82) is 0 Å². The predicted molar refractivity (Wildman–Crippen MR) is 113 cm³/mol.